The van der Waals surface area contributed by atoms with E-state index >= 15 is 0 Å². The Labute approximate surface area is 101 Å². The van der Waals surface area contributed by atoms with E-state index in [4.69, 9.17) is 0 Å². The van der Waals surface area contributed by atoms with E-state index in [1.807, 2.05) is 0 Å². The van der Waals surface area contributed by atoms with E-state index in [0.29, 0.717) is 6.42 Å². The van der Waals surface area contributed by atoms with Crippen LogP contribution in [0.3, 0.4) is 0 Å². The molecule has 96 valence electrons. The van der Waals surface area contributed by atoms with Crippen LogP contribution in [-0.4, -0.2) is 13.1 Å². The first kappa shape index (κ1) is 15.5. The van der Waals surface area contributed by atoms with E-state index in [1.165, 1.54) is 32.8 Å². The molecule has 0 amide bonds. The molecule has 0 saturated heterocycles. The highest BCUT2D eigenvalue weighted by Gasteiger charge is 2.04. The van der Waals surface area contributed by atoms with Crippen molar-refractivity contribution >= 4 is 5.97 Å². The molecule has 0 N–H and O–H groups in total. The fourth-order valence-corrected chi connectivity index (χ4v) is 1.88. The fraction of sp³-hybridized carbons (Fsp3) is 0.929. The zero-order valence-electron chi connectivity index (χ0n) is 11.4. The van der Waals surface area contributed by atoms with Crippen LogP contribution in [0.2, 0.25) is 0 Å². The van der Waals surface area contributed by atoms with Gasteiger partial charge in [-0.1, -0.05) is 52.9 Å². The largest absolute Gasteiger partial charge is 0.469 e. The lowest BCUT2D eigenvalue weighted by molar-refractivity contribution is -0.140. The maximum absolute atomic E-state index is 10.9. The lowest BCUT2D eigenvalue weighted by Gasteiger charge is -2.11. The smallest absolute Gasteiger partial charge is 0.305 e. The first-order valence-corrected chi connectivity index (χ1v) is 6.63. The van der Waals surface area contributed by atoms with Gasteiger partial charge in [-0.2, -0.15) is 0 Å². The highest BCUT2D eigenvalue weighted by Crippen LogP contribution is 2.17. The number of rotatable bonds is 9. The number of hydrogen-bond acceptors (Lipinski definition) is 2. The van der Waals surface area contributed by atoms with E-state index in [2.05, 4.69) is 25.5 Å². The highest BCUT2D eigenvalue weighted by molar-refractivity contribution is 5.68. The molecule has 0 aliphatic rings. The van der Waals surface area contributed by atoms with Gasteiger partial charge in [-0.05, 0) is 18.3 Å². The Hall–Kier alpha value is -0.530. The van der Waals surface area contributed by atoms with Crippen LogP contribution in [0.5, 0.6) is 0 Å². The summed E-state index contributed by atoms with van der Waals surface area (Å²) in [6, 6.07) is 0. The van der Waals surface area contributed by atoms with Crippen molar-refractivity contribution in [2.45, 2.75) is 65.7 Å². The third-order valence-corrected chi connectivity index (χ3v) is 3.03. The number of unbranched alkanes of at least 4 members (excludes halogenated alkanes) is 1. The number of hydrogen-bond donors (Lipinski definition) is 0. The molecule has 1 atom stereocenters. The van der Waals surface area contributed by atoms with Crippen LogP contribution in [0.4, 0.5) is 0 Å². The van der Waals surface area contributed by atoms with Gasteiger partial charge in [0.15, 0.2) is 0 Å². The predicted octanol–water partition coefficient (Wildman–Crippen LogP) is 4.18. The molecule has 0 aromatic rings. The topological polar surface area (TPSA) is 26.3 Å². The van der Waals surface area contributed by atoms with Crippen LogP contribution >= 0.6 is 0 Å². The monoisotopic (exact) mass is 228 g/mol. The molecule has 0 spiro atoms. The number of ether oxygens (including phenoxy) is 1. The quantitative estimate of drug-likeness (QED) is 0.437. The number of esters is 1. The average molecular weight is 228 g/mol. The van der Waals surface area contributed by atoms with Crippen molar-refractivity contribution in [3.8, 4) is 0 Å². The summed E-state index contributed by atoms with van der Waals surface area (Å²) in [5.74, 6) is 1.55. The second kappa shape index (κ2) is 9.68. The van der Waals surface area contributed by atoms with Gasteiger partial charge >= 0.3 is 5.97 Å². The minimum Gasteiger partial charge on any atom is -0.469 e. The maximum atomic E-state index is 10.9. The van der Waals surface area contributed by atoms with Gasteiger partial charge in [0.05, 0.1) is 7.11 Å². The Kier molecular flexibility index (Phi) is 9.36. The van der Waals surface area contributed by atoms with Crippen LogP contribution in [0, 0.1) is 11.8 Å². The molecular formula is C14H28O2. The van der Waals surface area contributed by atoms with Crippen molar-refractivity contribution < 1.29 is 9.53 Å². The molecule has 0 fully saturated rings. The first-order chi connectivity index (χ1) is 7.56. The van der Waals surface area contributed by atoms with Crippen LogP contribution in [0.15, 0.2) is 0 Å². The van der Waals surface area contributed by atoms with E-state index in [-0.39, 0.29) is 5.97 Å². The summed E-state index contributed by atoms with van der Waals surface area (Å²) >= 11 is 0. The van der Waals surface area contributed by atoms with E-state index in [1.54, 1.807) is 0 Å². The van der Waals surface area contributed by atoms with Gasteiger partial charge in [-0.15, -0.1) is 0 Å². The molecular weight excluding hydrogens is 200 g/mol. The molecule has 0 aromatic heterocycles. The molecule has 0 radical (unpaired) electrons. The summed E-state index contributed by atoms with van der Waals surface area (Å²) in [5, 5.41) is 0. The van der Waals surface area contributed by atoms with Crippen LogP contribution in [-0.2, 0) is 9.53 Å². The molecule has 0 aliphatic carbocycles. The molecule has 0 saturated carbocycles. The minimum atomic E-state index is -0.0764. The molecule has 0 heterocycles. The minimum absolute atomic E-state index is 0.0764. The molecule has 0 aromatic carbocycles. The molecule has 0 aliphatic heterocycles. The second-order valence-electron chi connectivity index (χ2n) is 5.25. The van der Waals surface area contributed by atoms with E-state index in [0.717, 1.165) is 24.7 Å². The summed E-state index contributed by atoms with van der Waals surface area (Å²) in [5.41, 5.74) is 0. The summed E-state index contributed by atoms with van der Waals surface area (Å²) in [4.78, 5) is 10.9. The van der Waals surface area contributed by atoms with Crippen LogP contribution in [0.1, 0.15) is 65.7 Å². The van der Waals surface area contributed by atoms with Crippen molar-refractivity contribution in [3.63, 3.8) is 0 Å². The summed E-state index contributed by atoms with van der Waals surface area (Å²) < 4.78 is 4.61. The third kappa shape index (κ3) is 10.0. The Balaban J connectivity index is 3.30. The van der Waals surface area contributed by atoms with Gasteiger partial charge in [0, 0.05) is 6.42 Å². The van der Waals surface area contributed by atoms with Gasteiger partial charge < -0.3 is 4.74 Å². The van der Waals surface area contributed by atoms with Crippen molar-refractivity contribution in [2.75, 3.05) is 7.11 Å². The van der Waals surface area contributed by atoms with Crippen molar-refractivity contribution in [2.24, 2.45) is 11.8 Å². The molecule has 0 rings (SSSR count). The lowest BCUT2D eigenvalue weighted by Crippen LogP contribution is -2.01. The van der Waals surface area contributed by atoms with Gasteiger partial charge in [0.1, 0.15) is 0 Å². The number of methoxy groups -OCH3 is 1. The summed E-state index contributed by atoms with van der Waals surface area (Å²) in [7, 11) is 1.46. The number of carbonyl (C=O) groups excluding carboxylic acids is 1. The molecule has 2 heteroatoms. The van der Waals surface area contributed by atoms with Gasteiger partial charge in [-0.25, -0.2) is 0 Å². The van der Waals surface area contributed by atoms with Gasteiger partial charge in [0.2, 0.25) is 0 Å². The average Bonchev–Trinajstić information content (AvgIpc) is 2.23. The van der Waals surface area contributed by atoms with Gasteiger partial charge in [0.25, 0.3) is 0 Å². The van der Waals surface area contributed by atoms with Gasteiger partial charge in [-0.3, -0.25) is 4.79 Å². The van der Waals surface area contributed by atoms with Crippen LogP contribution in [0.25, 0.3) is 0 Å². The van der Waals surface area contributed by atoms with E-state index in [9.17, 15) is 4.79 Å². The maximum Gasteiger partial charge on any atom is 0.305 e. The summed E-state index contributed by atoms with van der Waals surface area (Å²) in [6.07, 6.45) is 7.96. The Morgan fingerprint density at radius 1 is 1.00 bits per heavy atom. The molecule has 16 heavy (non-hydrogen) atoms. The molecule has 2 nitrogen and oxygen atoms in total. The summed E-state index contributed by atoms with van der Waals surface area (Å²) in [6.45, 7) is 6.88. The Bertz CT molecular complexity index is 176. The Morgan fingerprint density at radius 2 is 1.62 bits per heavy atom. The van der Waals surface area contributed by atoms with Crippen LogP contribution < -0.4 is 0 Å². The zero-order chi connectivity index (χ0) is 12.4. The standard InChI is InChI=1S/C14H28O2/c1-12(2)8-7-10-13(3)9-5-6-11-14(15)16-4/h12-13H,5-11H2,1-4H3. The fourth-order valence-electron chi connectivity index (χ4n) is 1.88. The zero-order valence-corrected chi connectivity index (χ0v) is 11.4. The lowest BCUT2D eigenvalue weighted by atomic mass is 9.95. The van der Waals surface area contributed by atoms with Crippen molar-refractivity contribution in [3.05, 3.63) is 0 Å². The van der Waals surface area contributed by atoms with Crippen molar-refractivity contribution in [1.29, 1.82) is 0 Å². The van der Waals surface area contributed by atoms with Crippen molar-refractivity contribution in [1.82, 2.24) is 0 Å². The third-order valence-electron chi connectivity index (χ3n) is 3.03. The highest BCUT2D eigenvalue weighted by atomic mass is 16.5. The molecule has 0 bridgehead atoms. The predicted molar refractivity (Wildman–Crippen MR) is 68.3 cm³/mol. The normalized spacial score (nSPS) is 12.8. The SMILES string of the molecule is COC(=O)CCCCC(C)CCCC(C)C. The first-order valence-electron chi connectivity index (χ1n) is 6.63. The number of carbonyl (C=O) groups is 1. The molecule has 1 unspecified atom stereocenters. The van der Waals surface area contributed by atoms with E-state index < -0.39 is 0 Å². The Morgan fingerprint density at radius 3 is 2.19 bits per heavy atom. The second-order valence-corrected chi connectivity index (χ2v) is 5.25.